The van der Waals surface area contributed by atoms with Gasteiger partial charge < -0.3 is 21.3 Å². The van der Waals surface area contributed by atoms with Gasteiger partial charge in [0.1, 0.15) is 0 Å². The molecule has 4 N–H and O–H groups in total. The highest BCUT2D eigenvalue weighted by Crippen LogP contribution is 2.11. The average Bonchev–Trinajstić information content (AvgIpc) is 2.96. The molecule has 0 aromatic rings. The third-order valence-electron chi connectivity index (χ3n) is 3.83. The summed E-state index contributed by atoms with van der Waals surface area (Å²) in [5, 5.41) is 12.8. The minimum absolute atomic E-state index is 0.116. The van der Waals surface area contributed by atoms with Crippen molar-refractivity contribution in [3.8, 4) is 0 Å². The predicted octanol–water partition coefficient (Wildman–Crippen LogP) is -1.71. The van der Waals surface area contributed by atoms with Gasteiger partial charge in [-0.1, -0.05) is 0 Å². The molecule has 0 aromatic heterocycles. The minimum atomic E-state index is -2.93. The molecule has 2 saturated heterocycles. The van der Waals surface area contributed by atoms with Crippen molar-refractivity contribution < 1.29 is 16.8 Å². The summed E-state index contributed by atoms with van der Waals surface area (Å²) in [6.07, 6.45) is 1.14. The molecule has 0 saturated carbocycles. The van der Waals surface area contributed by atoms with Crippen molar-refractivity contribution in [3.63, 3.8) is 0 Å². The van der Waals surface area contributed by atoms with Crippen LogP contribution in [0.3, 0.4) is 0 Å². The number of thiocarbonyl (C=S) groups is 2. The van der Waals surface area contributed by atoms with Gasteiger partial charge in [-0.25, -0.2) is 16.8 Å². The van der Waals surface area contributed by atoms with Gasteiger partial charge in [0.2, 0.25) is 0 Å². The van der Waals surface area contributed by atoms with E-state index in [4.69, 9.17) is 24.4 Å². The monoisotopic (exact) mass is 414 g/mol. The Balaban J connectivity index is 1.56. The molecule has 2 rings (SSSR count). The van der Waals surface area contributed by atoms with Crippen LogP contribution in [0.4, 0.5) is 0 Å². The van der Waals surface area contributed by atoms with Gasteiger partial charge in [-0.2, -0.15) is 0 Å². The highest BCUT2D eigenvalue weighted by atomic mass is 32.2. The molecule has 0 aliphatic carbocycles. The van der Waals surface area contributed by atoms with Gasteiger partial charge in [-0.05, 0) is 37.3 Å². The van der Waals surface area contributed by atoms with E-state index in [0.717, 1.165) is 0 Å². The van der Waals surface area contributed by atoms with Gasteiger partial charge in [0.15, 0.2) is 29.9 Å². The van der Waals surface area contributed by atoms with E-state index >= 15 is 0 Å². The number of nitrogens with one attached hydrogen (secondary N) is 4. The van der Waals surface area contributed by atoms with Crippen LogP contribution in [0.25, 0.3) is 0 Å². The molecule has 2 aliphatic heterocycles. The fraction of sp³-hybridized carbons (Fsp3) is 0.833. The van der Waals surface area contributed by atoms with E-state index in [-0.39, 0.29) is 35.1 Å². The summed E-state index contributed by atoms with van der Waals surface area (Å²) in [4.78, 5) is 0. The average molecular weight is 415 g/mol. The van der Waals surface area contributed by atoms with E-state index in [9.17, 15) is 16.8 Å². The third-order valence-corrected chi connectivity index (χ3v) is 7.89. The lowest BCUT2D eigenvalue weighted by Gasteiger charge is -2.17. The van der Waals surface area contributed by atoms with E-state index < -0.39 is 19.7 Å². The fourth-order valence-corrected chi connectivity index (χ4v) is 6.53. The quantitative estimate of drug-likeness (QED) is 0.306. The van der Waals surface area contributed by atoms with E-state index in [1.54, 1.807) is 0 Å². The summed E-state index contributed by atoms with van der Waals surface area (Å²) in [6, 6.07) is -0.259. The van der Waals surface area contributed by atoms with Gasteiger partial charge in [0.05, 0.1) is 23.0 Å². The van der Waals surface area contributed by atoms with Crippen LogP contribution in [0.2, 0.25) is 0 Å². The maximum absolute atomic E-state index is 11.4. The molecule has 0 amide bonds. The Labute approximate surface area is 153 Å². The van der Waals surface area contributed by atoms with Crippen LogP contribution in [0.15, 0.2) is 0 Å². The number of hydrogen-bond donors (Lipinski definition) is 4. The Hall–Kier alpha value is -0.720. The summed E-state index contributed by atoms with van der Waals surface area (Å²) in [6.45, 7) is 1.02. The molecule has 0 unspecified atom stereocenters. The predicted molar refractivity (Wildman–Crippen MR) is 102 cm³/mol. The second kappa shape index (κ2) is 8.11. The second-order valence-corrected chi connectivity index (χ2v) is 11.3. The van der Waals surface area contributed by atoms with Crippen molar-refractivity contribution in [3.05, 3.63) is 0 Å². The summed E-state index contributed by atoms with van der Waals surface area (Å²) in [5.41, 5.74) is 0. The van der Waals surface area contributed by atoms with Crippen LogP contribution in [0.5, 0.6) is 0 Å². The zero-order chi connectivity index (χ0) is 17.8. The maximum Gasteiger partial charge on any atom is 0.166 e. The van der Waals surface area contributed by atoms with Crippen LogP contribution in [0.1, 0.15) is 12.8 Å². The Morgan fingerprint density at radius 3 is 1.46 bits per heavy atom. The molecule has 2 fully saturated rings. The van der Waals surface area contributed by atoms with E-state index in [1.165, 1.54) is 0 Å². The molecule has 24 heavy (non-hydrogen) atoms. The van der Waals surface area contributed by atoms with Crippen molar-refractivity contribution in [1.29, 1.82) is 0 Å². The standard InChI is InChI=1S/C12H22N4O4S4/c17-23(18)5-1-9(7-23)15-11(21)13-3-4-14-12(22)16-10-2-6-24(19,20)8-10/h9-10H,1-8H2,(H2,13,15,21)(H2,14,16,22)/t9-,10-/m1/s1. The van der Waals surface area contributed by atoms with Gasteiger partial charge in [-0.15, -0.1) is 0 Å². The van der Waals surface area contributed by atoms with Crippen LogP contribution < -0.4 is 21.3 Å². The Kier molecular flexibility index (Phi) is 6.62. The SMILES string of the molecule is O=S1(=O)CC[C@@H](NC(=S)NCCNC(=S)N[C@@H]2CCS(=O)(=O)C2)C1. The molecule has 0 spiro atoms. The molecule has 0 aromatic carbocycles. The number of rotatable bonds is 5. The lowest BCUT2D eigenvalue weighted by Crippen LogP contribution is -2.47. The first-order valence-electron chi connectivity index (χ1n) is 7.65. The summed E-state index contributed by atoms with van der Waals surface area (Å²) in [7, 11) is -5.86. The van der Waals surface area contributed by atoms with Crippen molar-refractivity contribution in [2.45, 2.75) is 24.9 Å². The van der Waals surface area contributed by atoms with Crippen LogP contribution >= 0.6 is 24.4 Å². The highest BCUT2D eigenvalue weighted by Gasteiger charge is 2.28. The molecule has 0 radical (unpaired) electrons. The first kappa shape index (κ1) is 19.6. The molecule has 138 valence electrons. The van der Waals surface area contributed by atoms with Crippen molar-refractivity contribution in [2.24, 2.45) is 0 Å². The fourth-order valence-electron chi connectivity index (χ4n) is 2.64. The first-order valence-corrected chi connectivity index (χ1v) is 12.1. The van der Waals surface area contributed by atoms with Crippen molar-refractivity contribution in [1.82, 2.24) is 21.3 Å². The lowest BCUT2D eigenvalue weighted by molar-refractivity contribution is 0.597. The third kappa shape index (κ3) is 6.65. The molecule has 2 atom stereocenters. The highest BCUT2D eigenvalue weighted by molar-refractivity contribution is 7.92. The topological polar surface area (TPSA) is 116 Å². The zero-order valence-electron chi connectivity index (χ0n) is 13.1. The van der Waals surface area contributed by atoms with Crippen LogP contribution in [-0.4, -0.2) is 75.2 Å². The van der Waals surface area contributed by atoms with Crippen LogP contribution in [-0.2, 0) is 19.7 Å². The van der Waals surface area contributed by atoms with Gasteiger partial charge in [0.25, 0.3) is 0 Å². The maximum atomic E-state index is 11.4. The van der Waals surface area contributed by atoms with E-state index in [0.29, 0.717) is 36.2 Å². The summed E-state index contributed by atoms with van der Waals surface area (Å²) >= 11 is 10.3. The second-order valence-electron chi connectivity index (χ2n) is 6.00. The minimum Gasteiger partial charge on any atom is -0.361 e. The smallest absolute Gasteiger partial charge is 0.166 e. The molecule has 2 heterocycles. The molecule has 0 bridgehead atoms. The molecular weight excluding hydrogens is 392 g/mol. The molecule has 2 aliphatic rings. The number of hydrogen-bond acceptors (Lipinski definition) is 6. The van der Waals surface area contributed by atoms with Gasteiger partial charge in [-0.3, -0.25) is 0 Å². The Bertz CT molecular complexity index is 632. The first-order chi connectivity index (χ1) is 11.2. The number of sulfone groups is 2. The van der Waals surface area contributed by atoms with Crippen LogP contribution in [0, 0.1) is 0 Å². The largest absolute Gasteiger partial charge is 0.361 e. The summed E-state index contributed by atoms with van der Waals surface area (Å²) < 4.78 is 45.5. The van der Waals surface area contributed by atoms with E-state index in [2.05, 4.69) is 21.3 Å². The zero-order valence-corrected chi connectivity index (χ0v) is 16.3. The van der Waals surface area contributed by atoms with Gasteiger partial charge in [0, 0.05) is 25.2 Å². The summed E-state index contributed by atoms with van der Waals surface area (Å²) in [5.74, 6) is 0.633. The lowest BCUT2D eigenvalue weighted by atomic mass is 10.3. The van der Waals surface area contributed by atoms with Crippen molar-refractivity contribution >= 4 is 54.3 Å². The Morgan fingerprint density at radius 1 is 0.792 bits per heavy atom. The Morgan fingerprint density at radius 2 is 1.17 bits per heavy atom. The van der Waals surface area contributed by atoms with Gasteiger partial charge >= 0.3 is 0 Å². The van der Waals surface area contributed by atoms with E-state index in [1.807, 2.05) is 0 Å². The molecule has 8 nitrogen and oxygen atoms in total. The van der Waals surface area contributed by atoms with Crippen molar-refractivity contribution in [2.75, 3.05) is 36.1 Å². The molecular formula is C12H22N4O4S4. The molecule has 12 heteroatoms. The normalized spacial score (nSPS) is 27.3.